The minimum atomic E-state index is -1.37. The highest BCUT2D eigenvalue weighted by Crippen LogP contribution is 2.44. The number of nitrogens with two attached hydrogens (primary N) is 1. The number of hydrogen-bond donors (Lipinski definition) is 2. The summed E-state index contributed by atoms with van der Waals surface area (Å²) in [6, 6.07) is 14.5. The van der Waals surface area contributed by atoms with Gasteiger partial charge >= 0.3 is 18.0 Å². The molecular formula is C25H29N3O6. The number of carbonyl (C=O) groups is 3. The largest absolute Gasteiger partial charge is 0.460 e. The Kier molecular flexibility index (Phi) is 7.55. The SMILES string of the molecule is C/C(N)=N\OC(=O)[C@@H](CC(=O)OC(C)(C)C)NC(=O)OCC1c2ccccc2-c2ccccc21. The molecule has 180 valence electrons. The maximum absolute atomic E-state index is 12.6. The average Bonchev–Trinajstić information content (AvgIpc) is 3.08. The van der Waals surface area contributed by atoms with Crippen LogP contribution in [0.3, 0.4) is 0 Å². The van der Waals surface area contributed by atoms with Crippen LogP contribution in [0, 0.1) is 0 Å². The van der Waals surface area contributed by atoms with Gasteiger partial charge in [-0.15, -0.1) is 0 Å². The fraction of sp³-hybridized carbons (Fsp3) is 0.360. The fourth-order valence-corrected chi connectivity index (χ4v) is 3.71. The van der Waals surface area contributed by atoms with E-state index in [-0.39, 0.29) is 18.4 Å². The summed E-state index contributed by atoms with van der Waals surface area (Å²) < 4.78 is 10.7. The number of ether oxygens (including phenoxy) is 2. The molecule has 0 fully saturated rings. The molecule has 0 heterocycles. The molecule has 0 saturated heterocycles. The maximum atomic E-state index is 12.6. The van der Waals surface area contributed by atoms with E-state index in [1.165, 1.54) is 6.92 Å². The minimum Gasteiger partial charge on any atom is -0.460 e. The predicted molar refractivity (Wildman–Crippen MR) is 126 cm³/mol. The van der Waals surface area contributed by atoms with Gasteiger partial charge in [-0.3, -0.25) is 4.79 Å². The third-order valence-electron chi connectivity index (χ3n) is 4.99. The number of alkyl carbamates (subject to hydrolysis) is 1. The van der Waals surface area contributed by atoms with E-state index in [1.54, 1.807) is 20.8 Å². The minimum absolute atomic E-state index is 0.00510. The molecule has 0 unspecified atom stereocenters. The van der Waals surface area contributed by atoms with Crippen molar-refractivity contribution in [3.63, 3.8) is 0 Å². The van der Waals surface area contributed by atoms with Gasteiger partial charge in [0, 0.05) is 5.92 Å². The molecule has 34 heavy (non-hydrogen) atoms. The molecule has 0 aliphatic heterocycles. The van der Waals surface area contributed by atoms with Gasteiger partial charge in [0.25, 0.3) is 0 Å². The number of oxime groups is 1. The van der Waals surface area contributed by atoms with Crippen LogP contribution in [0.4, 0.5) is 4.79 Å². The van der Waals surface area contributed by atoms with E-state index in [2.05, 4.69) is 10.5 Å². The van der Waals surface area contributed by atoms with Crippen LogP contribution in [0.2, 0.25) is 0 Å². The molecule has 0 radical (unpaired) electrons. The summed E-state index contributed by atoms with van der Waals surface area (Å²) in [6.07, 6.45) is -1.33. The van der Waals surface area contributed by atoms with Crippen molar-refractivity contribution in [1.82, 2.24) is 5.32 Å². The molecule has 0 spiro atoms. The van der Waals surface area contributed by atoms with E-state index in [0.717, 1.165) is 22.3 Å². The summed E-state index contributed by atoms with van der Waals surface area (Å²) in [7, 11) is 0. The van der Waals surface area contributed by atoms with Crippen molar-refractivity contribution in [3.8, 4) is 11.1 Å². The molecule has 2 aromatic rings. The number of fused-ring (bicyclic) bond motifs is 3. The van der Waals surface area contributed by atoms with Crippen LogP contribution >= 0.6 is 0 Å². The molecule has 1 aliphatic rings. The van der Waals surface area contributed by atoms with E-state index in [4.69, 9.17) is 20.0 Å². The van der Waals surface area contributed by atoms with Crippen molar-refractivity contribution in [2.24, 2.45) is 10.9 Å². The van der Waals surface area contributed by atoms with E-state index in [1.807, 2.05) is 48.5 Å². The van der Waals surface area contributed by atoms with Crippen molar-refractivity contribution >= 4 is 23.9 Å². The van der Waals surface area contributed by atoms with E-state index >= 15 is 0 Å². The Balaban J connectivity index is 1.69. The molecule has 2 aromatic carbocycles. The Hall–Kier alpha value is -3.88. The number of benzene rings is 2. The van der Waals surface area contributed by atoms with Gasteiger partial charge in [0.15, 0.2) is 0 Å². The first kappa shape index (κ1) is 24.8. The van der Waals surface area contributed by atoms with Gasteiger partial charge in [-0.25, -0.2) is 9.59 Å². The maximum Gasteiger partial charge on any atom is 0.407 e. The molecule has 3 N–H and O–H groups in total. The zero-order valence-electron chi connectivity index (χ0n) is 19.7. The summed E-state index contributed by atoms with van der Waals surface area (Å²) >= 11 is 0. The average molecular weight is 468 g/mol. The molecule has 0 saturated carbocycles. The zero-order valence-corrected chi connectivity index (χ0v) is 19.7. The van der Waals surface area contributed by atoms with Gasteiger partial charge in [-0.05, 0) is 49.9 Å². The summed E-state index contributed by atoms with van der Waals surface area (Å²) in [6.45, 7) is 6.56. The topological polar surface area (TPSA) is 129 Å². The third-order valence-corrected chi connectivity index (χ3v) is 4.99. The number of carbonyl (C=O) groups excluding carboxylic acids is 3. The number of rotatable bonds is 7. The monoisotopic (exact) mass is 467 g/mol. The molecule has 9 nitrogen and oxygen atoms in total. The molecule has 1 atom stereocenters. The molecular weight excluding hydrogens is 438 g/mol. The van der Waals surface area contributed by atoms with Gasteiger partial charge < -0.3 is 25.4 Å². The fourth-order valence-electron chi connectivity index (χ4n) is 3.71. The number of nitrogens with one attached hydrogen (secondary N) is 1. The summed E-state index contributed by atoms with van der Waals surface area (Å²) in [4.78, 5) is 42.0. The Morgan fingerprint density at radius 1 is 1.03 bits per heavy atom. The Morgan fingerprint density at radius 3 is 2.12 bits per heavy atom. The molecule has 0 aromatic heterocycles. The third kappa shape index (κ3) is 6.34. The molecule has 3 rings (SSSR count). The first-order valence-corrected chi connectivity index (χ1v) is 10.9. The Bertz CT molecular complexity index is 1060. The van der Waals surface area contributed by atoms with Crippen molar-refractivity contribution in [2.45, 2.75) is 51.7 Å². The first-order chi connectivity index (χ1) is 16.0. The Morgan fingerprint density at radius 2 is 1.59 bits per heavy atom. The van der Waals surface area contributed by atoms with Crippen molar-refractivity contribution < 1.29 is 28.7 Å². The zero-order chi connectivity index (χ0) is 24.9. The standard InChI is InChI=1S/C25H29N3O6/c1-15(26)28-34-23(30)21(13-22(29)33-25(2,3)4)27-24(31)32-14-20-18-11-7-5-9-16(18)17-10-6-8-12-19(17)20/h5-12,20-21H,13-14H2,1-4H3,(H2,26,28)(H,27,31)/t21-/m1/s1. The highest BCUT2D eigenvalue weighted by molar-refractivity contribution is 5.87. The summed E-state index contributed by atoms with van der Waals surface area (Å²) in [5, 5.41) is 5.78. The Labute approximate surface area is 198 Å². The molecule has 9 heteroatoms. The molecule has 0 bridgehead atoms. The van der Waals surface area contributed by atoms with Gasteiger partial charge in [0.2, 0.25) is 0 Å². The lowest BCUT2D eigenvalue weighted by molar-refractivity contribution is -0.159. The van der Waals surface area contributed by atoms with Crippen LogP contribution in [-0.4, -0.2) is 42.1 Å². The predicted octanol–water partition coefficient (Wildman–Crippen LogP) is 3.46. The van der Waals surface area contributed by atoms with Gasteiger partial charge in [-0.2, -0.15) is 0 Å². The highest BCUT2D eigenvalue weighted by atomic mass is 16.7. The van der Waals surface area contributed by atoms with Crippen LogP contribution in [-0.2, 0) is 23.9 Å². The number of amidine groups is 1. The van der Waals surface area contributed by atoms with Crippen LogP contribution in [0.15, 0.2) is 53.7 Å². The van der Waals surface area contributed by atoms with Gasteiger partial charge in [0.1, 0.15) is 24.1 Å². The smallest absolute Gasteiger partial charge is 0.407 e. The normalized spacial score (nSPS) is 13.9. The summed E-state index contributed by atoms with van der Waals surface area (Å²) in [5.74, 6) is -1.81. The van der Waals surface area contributed by atoms with Crippen molar-refractivity contribution in [1.29, 1.82) is 0 Å². The second-order valence-electron chi connectivity index (χ2n) is 8.96. The molecule has 1 aliphatic carbocycles. The summed E-state index contributed by atoms with van der Waals surface area (Å²) in [5.41, 5.74) is 8.91. The van der Waals surface area contributed by atoms with Crippen LogP contribution in [0.1, 0.15) is 51.2 Å². The second kappa shape index (κ2) is 10.4. The van der Waals surface area contributed by atoms with Crippen molar-refractivity contribution in [3.05, 3.63) is 59.7 Å². The lowest BCUT2D eigenvalue weighted by Crippen LogP contribution is -2.44. The van der Waals surface area contributed by atoms with Crippen LogP contribution in [0.25, 0.3) is 11.1 Å². The van der Waals surface area contributed by atoms with Crippen LogP contribution < -0.4 is 11.1 Å². The van der Waals surface area contributed by atoms with E-state index < -0.39 is 36.1 Å². The molecule has 1 amide bonds. The first-order valence-electron chi connectivity index (χ1n) is 10.9. The van der Waals surface area contributed by atoms with Gasteiger partial charge in [-0.1, -0.05) is 53.7 Å². The number of nitrogens with zero attached hydrogens (tertiary/aromatic N) is 1. The van der Waals surface area contributed by atoms with Gasteiger partial charge in [0.05, 0.1) is 6.42 Å². The van der Waals surface area contributed by atoms with Crippen LogP contribution in [0.5, 0.6) is 0 Å². The second-order valence-corrected chi connectivity index (χ2v) is 8.96. The quantitative estimate of drug-likeness (QED) is 0.210. The lowest BCUT2D eigenvalue weighted by Gasteiger charge is -2.22. The number of esters is 1. The highest BCUT2D eigenvalue weighted by Gasteiger charge is 2.32. The lowest BCUT2D eigenvalue weighted by atomic mass is 9.98. The number of amides is 1. The van der Waals surface area contributed by atoms with E-state index in [0.29, 0.717) is 0 Å². The van der Waals surface area contributed by atoms with Crippen molar-refractivity contribution in [2.75, 3.05) is 6.61 Å². The number of hydrogen-bond acceptors (Lipinski definition) is 7. The van der Waals surface area contributed by atoms with E-state index in [9.17, 15) is 14.4 Å².